The van der Waals surface area contributed by atoms with Crippen molar-refractivity contribution in [3.63, 3.8) is 0 Å². The molecule has 2 aromatic heterocycles. The van der Waals surface area contributed by atoms with Crippen molar-refractivity contribution >= 4 is 22.9 Å². The maximum absolute atomic E-state index is 12.5. The maximum atomic E-state index is 12.5. The molecule has 0 bridgehead atoms. The minimum atomic E-state index is -0.0593. The molecule has 140 valence electrons. The number of hydrogen-bond donors (Lipinski definition) is 2. The highest BCUT2D eigenvalue weighted by Crippen LogP contribution is 2.43. The molecule has 7 heteroatoms. The van der Waals surface area contributed by atoms with Crippen molar-refractivity contribution in [1.82, 2.24) is 15.1 Å². The lowest BCUT2D eigenvalue weighted by molar-refractivity contribution is 0.0662. The largest absolute Gasteiger partial charge is 0.381 e. The van der Waals surface area contributed by atoms with Gasteiger partial charge < -0.3 is 15.4 Å². The van der Waals surface area contributed by atoms with Crippen LogP contribution in [0.5, 0.6) is 0 Å². The number of aryl methyl sites for hydroxylation is 2. The second kappa shape index (κ2) is 7.50. The van der Waals surface area contributed by atoms with Crippen molar-refractivity contribution in [3.8, 4) is 0 Å². The third-order valence-electron chi connectivity index (χ3n) is 5.31. The monoisotopic (exact) mass is 374 g/mol. The zero-order chi connectivity index (χ0) is 18.1. The fraction of sp³-hybridized carbons (Fsp3) is 0.579. The molecule has 3 heterocycles. The summed E-state index contributed by atoms with van der Waals surface area (Å²) in [6.45, 7) is 4.79. The Balaban J connectivity index is 1.29. The SMILES string of the molecule is Cc1nn(C)cc1NC(=O)c1csc(C2CC2NCC2CCOCC2)c1. The lowest BCUT2D eigenvalue weighted by Gasteiger charge is -2.22. The van der Waals surface area contributed by atoms with Crippen LogP contribution in [0.15, 0.2) is 17.6 Å². The first kappa shape index (κ1) is 17.7. The number of ether oxygens (including phenoxy) is 1. The molecular weight excluding hydrogens is 348 g/mol. The molecule has 1 aliphatic heterocycles. The van der Waals surface area contributed by atoms with E-state index < -0.39 is 0 Å². The molecule has 1 saturated carbocycles. The highest BCUT2D eigenvalue weighted by Gasteiger charge is 2.39. The van der Waals surface area contributed by atoms with Gasteiger partial charge in [0.05, 0.1) is 16.9 Å². The Bertz CT molecular complexity index is 778. The van der Waals surface area contributed by atoms with E-state index in [0.29, 0.717) is 12.0 Å². The Kier molecular flexibility index (Phi) is 5.11. The highest BCUT2D eigenvalue weighted by atomic mass is 32.1. The van der Waals surface area contributed by atoms with Crippen LogP contribution in [0.1, 0.15) is 46.1 Å². The second-order valence-corrected chi connectivity index (χ2v) is 8.35. The van der Waals surface area contributed by atoms with Crippen molar-refractivity contribution < 1.29 is 9.53 Å². The van der Waals surface area contributed by atoms with Crippen molar-refractivity contribution in [1.29, 1.82) is 0 Å². The van der Waals surface area contributed by atoms with Crippen molar-refractivity contribution in [2.75, 3.05) is 25.1 Å². The van der Waals surface area contributed by atoms with Gasteiger partial charge in [0.15, 0.2) is 0 Å². The van der Waals surface area contributed by atoms with Crippen LogP contribution in [-0.2, 0) is 11.8 Å². The predicted molar refractivity (Wildman–Crippen MR) is 103 cm³/mol. The van der Waals surface area contributed by atoms with E-state index in [9.17, 15) is 4.79 Å². The summed E-state index contributed by atoms with van der Waals surface area (Å²) >= 11 is 1.69. The Morgan fingerprint density at radius 1 is 1.42 bits per heavy atom. The molecule has 1 saturated heterocycles. The molecule has 0 spiro atoms. The van der Waals surface area contributed by atoms with Gasteiger partial charge in [-0.05, 0) is 44.7 Å². The van der Waals surface area contributed by atoms with E-state index in [0.717, 1.165) is 42.6 Å². The number of nitrogens with one attached hydrogen (secondary N) is 2. The van der Waals surface area contributed by atoms with Crippen molar-refractivity contribution in [2.45, 2.75) is 38.1 Å². The summed E-state index contributed by atoms with van der Waals surface area (Å²) in [6.07, 6.45) is 5.34. The topological polar surface area (TPSA) is 68.2 Å². The highest BCUT2D eigenvalue weighted by molar-refractivity contribution is 7.10. The molecule has 2 aliphatic rings. The number of carbonyl (C=O) groups excluding carboxylic acids is 1. The van der Waals surface area contributed by atoms with Crippen LogP contribution in [0.2, 0.25) is 0 Å². The van der Waals surface area contributed by atoms with Gasteiger partial charge in [0.2, 0.25) is 0 Å². The molecule has 1 amide bonds. The number of thiophene rings is 1. The number of amides is 1. The van der Waals surface area contributed by atoms with Gasteiger partial charge >= 0.3 is 0 Å². The van der Waals surface area contributed by atoms with Crippen LogP contribution in [-0.4, -0.2) is 41.5 Å². The normalized spacial score (nSPS) is 23.2. The summed E-state index contributed by atoms with van der Waals surface area (Å²) in [5, 5.41) is 12.9. The molecule has 2 aromatic rings. The van der Waals surface area contributed by atoms with Crippen LogP contribution in [0.25, 0.3) is 0 Å². The van der Waals surface area contributed by atoms with E-state index in [4.69, 9.17) is 4.74 Å². The van der Waals surface area contributed by atoms with E-state index in [1.807, 2.05) is 31.6 Å². The summed E-state index contributed by atoms with van der Waals surface area (Å²) in [5.74, 6) is 1.25. The van der Waals surface area contributed by atoms with Gasteiger partial charge in [-0.1, -0.05) is 0 Å². The summed E-state index contributed by atoms with van der Waals surface area (Å²) in [4.78, 5) is 13.8. The molecule has 1 aliphatic carbocycles. The number of aromatic nitrogens is 2. The fourth-order valence-electron chi connectivity index (χ4n) is 3.59. The predicted octanol–water partition coefficient (Wildman–Crippen LogP) is 2.91. The molecule has 0 aromatic carbocycles. The van der Waals surface area contributed by atoms with Crippen molar-refractivity contribution in [2.24, 2.45) is 13.0 Å². The maximum Gasteiger partial charge on any atom is 0.256 e. The lowest BCUT2D eigenvalue weighted by atomic mass is 10.0. The molecule has 6 nitrogen and oxygen atoms in total. The van der Waals surface area contributed by atoms with Gasteiger partial charge in [-0.25, -0.2) is 0 Å². The fourth-order valence-corrected chi connectivity index (χ4v) is 4.66. The van der Waals surface area contributed by atoms with Gasteiger partial charge in [-0.3, -0.25) is 9.48 Å². The third-order valence-corrected chi connectivity index (χ3v) is 6.37. The van der Waals surface area contributed by atoms with E-state index in [1.165, 1.54) is 24.1 Å². The minimum absolute atomic E-state index is 0.0593. The molecule has 0 radical (unpaired) electrons. The number of hydrogen-bond acceptors (Lipinski definition) is 5. The summed E-state index contributed by atoms with van der Waals surface area (Å²) in [6, 6.07) is 2.61. The molecule has 2 atom stereocenters. The quantitative estimate of drug-likeness (QED) is 0.816. The van der Waals surface area contributed by atoms with Gasteiger partial charge in [-0.2, -0.15) is 5.10 Å². The minimum Gasteiger partial charge on any atom is -0.381 e. The van der Waals surface area contributed by atoms with Gasteiger partial charge in [-0.15, -0.1) is 11.3 Å². The molecular formula is C19H26N4O2S. The van der Waals surface area contributed by atoms with Crippen LogP contribution in [0, 0.1) is 12.8 Å². The van der Waals surface area contributed by atoms with E-state index >= 15 is 0 Å². The number of anilines is 1. The van der Waals surface area contributed by atoms with Gasteiger partial charge in [0, 0.05) is 48.7 Å². The Labute approximate surface area is 157 Å². The molecule has 4 rings (SSSR count). The third kappa shape index (κ3) is 4.00. The Hall–Kier alpha value is -1.70. The van der Waals surface area contributed by atoms with Crippen LogP contribution < -0.4 is 10.6 Å². The zero-order valence-electron chi connectivity index (χ0n) is 15.3. The number of rotatable bonds is 6. The van der Waals surface area contributed by atoms with E-state index in [-0.39, 0.29) is 5.91 Å². The first-order valence-corrected chi connectivity index (χ1v) is 10.2. The van der Waals surface area contributed by atoms with Crippen LogP contribution in [0.4, 0.5) is 5.69 Å². The van der Waals surface area contributed by atoms with Gasteiger partial charge in [0.25, 0.3) is 5.91 Å². The Morgan fingerprint density at radius 2 is 2.23 bits per heavy atom. The van der Waals surface area contributed by atoms with Crippen LogP contribution >= 0.6 is 11.3 Å². The molecule has 2 fully saturated rings. The Morgan fingerprint density at radius 3 is 2.96 bits per heavy atom. The second-order valence-electron chi connectivity index (χ2n) is 7.41. The molecule has 26 heavy (non-hydrogen) atoms. The summed E-state index contributed by atoms with van der Waals surface area (Å²) < 4.78 is 7.13. The van der Waals surface area contributed by atoms with Crippen molar-refractivity contribution in [3.05, 3.63) is 33.8 Å². The lowest BCUT2D eigenvalue weighted by Crippen LogP contribution is -2.29. The first-order valence-electron chi connectivity index (χ1n) is 9.31. The number of carbonyl (C=O) groups is 1. The van der Waals surface area contributed by atoms with E-state index in [1.54, 1.807) is 16.0 Å². The zero-order valence-corrected chi connectivity index (χ0v) is 16.1. The summed E-state index contributed by atoms with van der Waals surface area (Å²) in [5.41, 5.74) is 2.34. The van der Waals surface area contributed by atoms with E-state index in [2.05, 4.69) is 15.7 Å². The summed E-state index contributed by atoms with van der Waals surface area (Å²) in [7, 11) is 1.85. The molecule has 2 unspecified atom stereocenters. The number of nitrogens with zero attached hydrogens (tertiary/aromatic N) is 2. The average Bonchev–Trinajstić information content (AvgIpc) is 3.10. The first-order chi connectivity index (χ1) is 12.6. The molecule has 2 N–H and O–H groups in total. The van der Waals surface area contributed by atoms with Gasteiger partial charge in [0.1, 0.15) is 0 Å². The smallest absolute Gasteiger partial charge is 0.256 e. The average molecular weight is 375 g/mol. The standard InChI is InChI=1S/C19H26N4O2S/c1-12-17(10-23(2)22-12)21-19(24)14-7-18(26-11-14)15-8-16(15)20-9-13-3-5-25-6-4-13/h7,10-11,13,15-16,20H,3-6,8-9H2,1-2H3,(H,21,24). The van der Waals surface area contributed by atoms with Crippen LogP contribution in [0.3, 0.4) is 0 Å².